The van der Waals surface area contributed by atoms with Crippen molar-refractivity contribution in [2.24, 2.45) is 4.99 Å². The third-order valence-electron chi connectivity index (χ3n) is 3.59. The highest BCUT2D eigenvalue weighted by Gasteiger charge is 2.15. The molecule has 0 aliphatic heterocycles. The van der Waals surface area contributed by atoms with E-state index >= 15 is 0 Å². The van der Waals surface area contributed by atoms with Gasteiger partial charge in [-0.05, 0) is 31.5 Å². The van der Waals surface area contributed by atoms with E-state index in [2.05, 4.69) is 29.0 Å². The first-order valence-electron chi connectivity index (χ1n) is 7.45. The number of aryl methyl sites for hydroxylation is 1. The van der Waals surface area contributed by atoms with E-state index in [9.17, 15) is 5.11 Å². The summed E-state index contributed by atoms with van der Waals surface area (Å²) in [4.78, 5) is 8.86. The maximum absolute atomic E-state index is 9.99. The minimum Gasteiger partial charge on any atom is -0.479 e. The summed E-state index contributed by atoms with van der Waals surface area (Å²) in [5.74, 6) is 0.192. The predicted octanol–water partition coefficient (Wildman–Crippen LogP) is 4.36. The molecule has 4 heteroatoms. The first-order chi connectivity index (χ1) is 11.1. The molecule has 0 saturated carbocycles. The van der Waals surface area contributed by atoms with Crippen molar-refractivity contribution in [2.45, 2.75) is 20.4 Å². The van der Waals surface area contributed by atoms with E-state index in [4.69, 9.17) is 4.42 Å². The van der Waals surface area contributed by atoms with Gasteiger partial charge in [0.25, 0.3) is 0 Å². The second-order valence-electron chi connectivity index (χ2n) is 5.43. The minimum atomic E-state index is -0.200. The fraction of sp³-hybridized carbons (Fsp3) is 0.158. The van der Waals surface area contributed by atoms with E-state index in [-0.39, 0.29) is 5.95 Å². The van der Waals surface area contributed by atoms with Crippen LogP contribution in [0, 0.1) is 6.92 Å². The van der Waals surface area contributed by atoms with Crippen LogP contribution in [0.15, 0.2) is 64.0 Å². The fourth-order valence-corrected chi connectivity index (χ4v) is 2.23. The molecule has 0 spiro atoms. The number of aromatic hydroxyl groups is 1. The van der Waals surface area contributed by atoms with E-state index in [0.717, 1.165) is 11.1 Å². The van der Waals surface area contributed by atoms with Crippen molar-refractivity contribution in [1.29, 1.82) is 0 Å². The van der Waals surface area contributed by atoms with Crippen LogP contribution >= 0.6 is 0 Å². The quantitative estimate of drug-likeness (QED) is 0.728. The van der Waals surface area contributed by atoms with Crippen LogP contribution in [0.4, 0.5) is 0 Å². The van der Waals surface area contributed by atoms with Crippen molar-refractivity contribution in [3.63, 3.8) is 0 Å². The molecule has 1 aromatic heterocycles. The summed E-state index contributed by atoms with van der Waals surface area (Å²) in [6, 6.07) is 17.7. The zero-order valence-corrected chi connectivity index (χ0v) is 13.2. The minimum absolute atomic E-state index is 0.200. The molecule has 0 saturated heterocycles. The average molecular weight is 306 g/mol. The van der Waals surface area contributed by atoms with Crippen molar-refractivity contribution in [1.82, 2.24) is 4.98 Å². The molecule has 1 heterocycles. The molecule has 0 fully saturated rings. The van der Waals surface area contributed by atoms with E-state index in [1.165, 1.54) is 5.56 Å². The lowest BCUT2D eigenvalue weighted by Gasteiger charge is -1.99. The Hall–Kier alpha value is -2.88. The molecule has 0 amide bonds. The summed E-state index contributed by atoms with van der Waals surface area (Å²) in [6.07, 6.45) is 0. The molecule has 2 aromatic carbocycles. The number of hydrogen-bond donors (Lipinski definition) is 1. The molecular weight excluding hydrogens is 288 g/mol. The van der Waals surface area contributed by atoms with Gasteiger partial charge in [-0.2, -0.15) is 0 Å². The van der Waals surface area contributed by atoms with Crippen LogP contribution in [0.3, 0.4) is 0 Å². The lowest BCUT2D eigenvalue weighted by atomic mass is 10.1. The average Bonchev–Trinajstić information content (AvgIpc) is 2.97. The van der Waals surface area contributed by atoms with Gasteiger partial charge in [-0.25, -0.2) is 4.98 Å². The van der Waals surface area contributed by atoms with Crippen molar-refractivity contribution in [2.75, 3.05) is 0 Å². The lowest BCUT2D eigenvalue weighted by Crippen LogP contribution is -1.97. The summed E-state index contributed by atoms with van der Waals surface area (Å²) in [5, 5.41) is 9.99. The third kappa shape index (κ3) is 3.48. The number of nitrogens with zero attached hydrogens (tertiary/aromatic N) is 2. The first kappa shape index (κ1) is 15.0. The molecule has 116 valence electrons. The van der Waals surface area contributed by atoms with E-state index in [0.29, 0.717) is 23.8 Å². The van der Waals surface area contributed by atoms with Gasteiger partial charge in [-0.1, -0.05) is 48.0 Å². The molecule has 0 aliphatic carbocycles. The molecule has 0 bridgehead atoms. The van der Waals surface area contributed by atoms with Crippen molar-refractivity contribution >= 4 is 5.71 Å². The Morgan fingerprint density at radius 2 is 1.78 bits per heavy atom. The van der Waals surface area contributed by atoms with Crippen molar-refractivity contribution in [3.05, 3.63) is 71.4 Å². The molecule has 1 N–H and O–H groups in total. The van der Waals surface area contributed by atoms with Crippen LogP contribution in [-0.2, 0) is 6.54 Å². The van der Waals surface area contributed by atoms with Gasteiger partial charge < -0.3 is 9.52 Å². The summed E-state index contributed by atoms with van der Waals surface area (Å²) in [6.45, 7) is 4.41. The summed E-state index contributed by atoms with van der Waals surface area (Å²) in [7, 11) is 0. The van der Waals surface area contributed by atoms with Gasteiger partial charge in [0, 0.05) is 5.56 Å². The SMILES string of the molecule is CC(=NCc1ccc(C)cc1)c1nc(-c2ccccc2)oc1O. The maximum Gasteiger partial charge on any atom is 0.312 e. The van der Waals surface area contributed by atoms with Gasteiger partial charge in [0.2, 0.25) is 5.89 Å². The Morgan fingerprint density at radius 1 is 1.09 bits per heavy atom. The Bertz CT molecular complexity index is 818. The van der Waals surface area contributed by atoms with E-state index < -0.39 is 0 Å². The Balaban J connectivity index is 1.82. The number of benzene rings is 2. The number of aromatic nitrogens is 1. The maximum atomic E-state index is 9.99. The van der Waals surface area contributed by atoms with Gasteiger partial charge in [0.05, 0.1) is 12.3 Å². The standard InChI is InChI=1S/C19H18N2O2/c1-13-8-10-15(11-9-13)12-20-14(2)17-19(22)23-18(21-17)16-6-4-3-5-7-16/h3-11,22H,12H2,1-2H3. The van der Waals surface area contributed by atoms with Crippen LogP contribution in [0.1, 0.15) is 23.7 Å². The Kier molecular flexibility index (Phi) is 4.24. The fourth-order valence-electron chi connectivity index (χ4n) is 2.23. The second kappa shape index (κ2) is 6.48. The molecule has 0 radical (unpaired) electrons. The highest BCUT2D eigenvalue weighted by molar-refractivity contribution is 5.99. The van der Waals surface area contributed by atoms with Crippen LogP contribution < -0.4 is 0 Å². The predicted molar refractivity (Wildman–Crippen MR) is 90.7 cm³/mol. The van der Waals surface area contributed by atoms with Crippen LogP contribution in [0.2, 0.25) is 0 Å². The monoisotopic (exact) mass is 306 g/mol. The smallest absolute Gasteiger partial charge is 0.312 e. The second-order valence-corrected chi connectivity index (χ2v) is 5.43. The zero-order valence-electron chi connectivity index (χ0n) is 13.2. The van der Waals surface area contributed by atoms with Gasteiger partial charge in [-0.3, -0.25) is 4.99 Å². The summed E-state index contributed by atoms with van der Waals surface area (Å²) >= 11 is 0. The Labute approximate surface area is 135 Å². The molecule has 0 unspecified atom stereocenters. The van der Waals surface area contributed by atoms with Gasteiger partial charge in [0.1, 0.15) is 0 Å². The van der Waals surface area contributed by atoms with Gasteiger partial charge >= 0.3 is 5.95 Å². The number of oxazole rings is 1. The van der Waals surface area contributed by atoms with Crippen LogP contribution in [-0.4, -0.2) is 15.8 Å². The zero-order chi connectivity index (χ0) is 16.2. The summed E-state index contributed by atoms with van der Waals surface area (Å²) < 4.78 is 5.35. The normalized spacial score (nSPS) is 11.7. The van der Waals surface area contributed by atoms with Gasteiger partial charge in [-0.15, -0.1) is 0 Å². The van der Waals surface area contributed by atoms with Gasteiger partial charge in [0.15, 0.2) is 5.69 Å². The molecule has 0 aliphatic rings. The third-order valence-corrected chi connectivity index (χ3v) is 3.59. The van der Waals surface area contributed by atoms with Crippen molar-refractivity contribution < 1.29 is 9.52 Å². The van der Waals surface area contributed by atoms with Crippen molar-refractivity contribution in [3.8, 4) is 17.4 Å². The van der Waals surface area contributed by atoms with E-state index in [1.807, 2.05) is 49.4 Å². The number of hydrogen-bond acceptors (Lipinski definition) is 4. The van der Waals surface area contributed by atoms with E-state index in [1.54, 1.807) is 0 Å². The molecule has 3 rings (SSSR count). The summed E-state index contributed by atoms with van der Waals surface area (Å²) in [5.41, 5.74) is 4.18. The Morgan fingerprint density at radius 3 is 2.48 bits per heavy atom. The lowest BCUT2D eigenvalue weighted by molar-refractivity contribution is 0.336. The van der Waals surface area contributed by atoms with Crippen LogP contribution in [0.25, 0.3) is 11.5 Å². The molecule has 23 heavy (non-hydrogen) atoms. The highest BCUT2D eigenvalue weighted by Crippen LogP contribution is 2.26. The highest BCUT2D eigenvalue weighted by atomic mass is 16.5. The molecule has 4 nitrogen and oxygen atoms in total. The molecule has 0 atom stereocenters. The first-order valence-corrected chi connectivity index (χ1v) is 7.45. The largest absolute Gasteiger partial charge is 0.479 e. The topological polar surface area (TPSA) is 58.6 Å². The van der Waals surface area contributed by atoms with Crippen LogP contribution in [0.5, 0.6) is 5.95 Å². The molecule has 3 aromatic rings. The molecular formula is C19H18N2O2. The number of rotatable bonds is 4. The number of aliphatic imine (C=N–C) groups is 1.